The maximum Gasteiger partial charge on any atom is 0.321 e. The largest absolute Gasteiger partial charge is 0.335 e. The van der Waals surface area contributed by atoms with Crippen LogP contribution in [0.3, 0.4) is 0 Å². The first-order valence-corrected chi connectivity index (χ1v) is 6.69. The molecule has 1 fully saturated rings. The van der Waals surface area contributed by atoms with Crippen molar-refractivity contribution >= 4 is 12.0 Å². The van der Waals surface area contributed by atoms with Crippen molar-refractivity contribution in [3.63, 3.8) is 0 Å². The van der Waals surface area contributed by atoms with Crippen LogP contribution < -0.4 is 10.6 Å². The average Bonchev–Trinajstić information content (AvgIpc) is 3.21. The number of carbonyl (C=O) groups is 1. The second-order valence-corrected chi connectivity index (χ2v) is 5.01. The fourth-order valence-corrected chi connectivity index (χ4v) is 2.03. The van der Waals surface area contributed by atoms with Crippen LogP contribution >= 0.6 is 0 Å². The van der Waals surface area contributed by atoms with Crippen LogP contribution in [-0.4, -0.2) is 22.2 Å². The van der Waals surface area contributed by atoms with Gasteiger partial charge in [-0.25, -0.2) is 4.79 Å². The van der Waals surface area contributed by atoms with E-state index in [-0.39, 0.29) is 18.0 Å². The third kappa shape index (κ3) is 2.96. The van der Waals surface area contributed by atoms with Gasteiger partial charge in [0.15, 0.2) is 0 Å². The van der Waals surface area contributed by atoms with Gasteiger partial charge in [0.2, 0.25) is 0 Å². The van der Waals surface area contributed by atoms with Gasteiger partial charge >= 0.3 is 6.03 Å². The number of anilines is 1. The van der Waals surface area contributed by atoms with Gasteiger partial charge in [-0.2, -0.15) is 4.98 Å². The smallest absolute Gasteiger partial charge is 0.321 e. The molecule has 6 heteroatoms. The number of amides is 2. The molecule has 0 bridgehead atoms. The quantitative estimate of drug-likeness (QED) is 0.896. The molecule has 1 heterocycles. The Morgan fingerprint density at radius 2 is 2.10 bits per heavy atom. The Hall–Kier alpha value is -2.37. The van der Waals surface area contributed by atoms with E-state index in [1.165, 1.54) is 12.8 Å². The predicted octanol–water partition coefficient (Wildman–Crippen LogP) is 2.66. The van der Waals surface area contributed by atoms with Gasteiger partial charge < -0.3 is 9.84 Å². The van der Waals surface area contributed by atoms with E-state index in [2.05, 4.69) is 20.8 Å². The van der Waals surface area contributed by atoms with E-state index in [0.717, 1.165) is 5.56 Å². The van der Waals surface area contributed by atoms with Gasteiger partial charge in [-0.1, -0.05) is 18.2 Å². The fourth-order valence-electron chi connectivity index (χ4n) is 2.03. The van der Waals surface area contributed by atoms with E-state index >= 15 is 0 Å². The van der Waals surface area contributed by atoms with Crippen molar-refractivity contribution in [1.29, 1.82) is 0 Å². The van der Waals surface area contributed by atoms with Crippen LogP contribution in [-0.2, 0) is 0 Å². The average molecular weight is 272 g/mol. The molecular weight excluding hydrogens is 256 g/mol. The van der Waals surface area contributed by atoms with E-state index in [1.54, 1.807) is 0 Å². The van der Waals surface area contributed by atoms with Gasteiger partial charge in [-0.05, 0) is 43.0 Å². The number of carbonyl (C=O) groups excluding carboxylic acids is 1. The monoisotopic (exact) mass is 272 g/mol. The number of nitrogens with zero attached hydrogens (tertiary/aromatic N) is 2. The lowest BCUT2D eigenvalue weighted by molar-refractivity contribution is 0.247. The molecule has 3 rings (SSSR count). The molecular formula is C14H16N4O2. The van der Waals surface area contributed by atoms with Crippen molar-refractivity contribution in [3.8, 4) is 11.5 Å². The van der Waals surface area contributed by atoms with Crippen LogP contribution in [0.1, 0.15) is 19.8 Å². The summed E-state index contributed by atoms with van der Waals surface area (Å²) in [6.45, 7) is 2.00. The molecule has 0 saturated heterocycles. The zero-order valence-electron chi connectivity index (χ0n) is 11.2. The Morgan fingerprint density at radius 3 is 2.80 bits per heavy atom. The van der Waals surface area contributed by atoms with Crippen molar-refractivity contribution in [2.24, 2.45) is 5.92 Å². The zero-order chi connectivity index (χ0) is 13.9. The number of hydrogen-bond acceptors (Lipinski definition) is 4. The third-order valence-electron chi connectivity index (χ3n) is 3.36. The topological polar surface area (TPSA) is 80.0 Å². The molecule has 2 amide bonds. The maximum atomic E-state index is 11.8. The summed E-state index contributed by atoms with van der Waals surface area (Å²) in [5, 5.41) is 9.19. The first kappa shape index (κ1) is 12.7. The molecule has 1 aliphatic rings. The first-order valence-electron chi connectivity index (χ1n) is 6.69. The second kappa shape index (κ2) is 5.32. The van der Waals surface area contributed by atoms with Crippen molar-refractivity contribution in [2.45, 2.75) is 25.8 Å². The molecule has 0 aliphatic heterocycles. The van der Waals surface area contributed by atoms with Crippen molar-refractivity contribution in [1.82, 2.24) is 15.5 Å². The van der Waals surface area contributed by atoms with Crippen LogP contribution in [0.2, 0.25) is 0 Å². The minimum atomic E-state index is -0.301. The molecule has 2 aromatic rings. The van der Waals surface area contributed by atoms with Gasteiger partial charge in [-0.15, -0.1) is 0 Å². The van der Waals surface area contributed by atoms with E-state index in [9.17, 15) is 4.79 Å². The highest BCUT2D eigenvalue weighted by molar-refractivity contribution is 5.87. The summed E-state index contributed by atoms with van der Waals surface area (Å²) in [5.41, 5.74) is 0.819. The molecule has 0 spiro atoms. The van der Waals surface area contributed by atoms with Gasteiger partial charge in [0.25, 0.3) is 11.8 Å². The van der Waals surface area contributed by atoms with Crippen molar-refractivity contribution < 1.29 is 9.32 Å². The molecule has 20 heavy (non-hydrogen) atoms. The summed E-state index contributed by atoms with van der Waals surface area (Å²) in [6.07, 6.45) is 2.36. The highest BCUT2D eigenvalue weighted by Crippen LogP contribution is 2.32. The number of benzene rings is 1. The summed E-state index contributed by atoms with van der Waals surface area (Å²) in [4.78, 5) is 15.9. The SMILES string of the molecule is C[C@H](NC(=O)Nc1noc(-c2ccccc2)n1)C1CC1. The van der Waals surface area contributed by atoms with Crippen LogP contribution in [0.25, 0.3) is 11.5 Å². The van der Waals surface area contributed by atoms with Gasteiger partial charge in [0.05, 0.1) is 0 Å². The molecule has 1 aromatic heterocycles. The summed E-state index contributed by atoms with van der Waals surface area (Å²) >= 11 is 0. The Labute approximate surface area is 116 Å². The van der Waals surface area contributed by atoms with E-state index < -0.39 is 0 Å². The Morgan fingerprint density at radius 1 is 1.35 bits per heavy atom. The summed E-state index contributed by atoms with van der Waals surface area (Å²) < 4.78 is 5.11. The van der Waals surface area contributed by atoms with Crippen LogP contribution in [0, 0.1) is 5.92 Å². The molecule has 0 unspecified atom stereocenters. The highest BCUT2D eigenvalue weighted by Gasteiger charge is 2.29. The Bertz CT molecular complexity index is 592. The number of hydrogen-bond donors (Lipinski definition) is 2. The lowest BCUT2D eigenvalue weighted by atomic mass is 10.2. The van der Waals surface area contributed by atoms with E-state index in [0.29, 0.717) is 11.8 Å². The molecule has 6 nitrogen and oxygen atoms in total. The maximum absolute atomic E-state index is 11.8. The minimum Gasteiger partial charge on any atom is -0.335 e. The third-order valence-corrected chi connectivity index (χ3v) is 3.36. The normalized spacial score (nSPS) is 15.7. The van der Waals surface area contributed by atoms with Crippen molar-refractivity contribution in [3.05, 3.63) is 30.3 Å². The van der Waals surface area contributed by atoms with Crippen LogP contribution in [0.15, 0.2) is 34.9 Å². The number of rotatable bonds is 4. The molecule has 1 saturated carbocycles. The molecule has 104 valence electrons. The van der Waals surface area contributed by atoms with Crippen molar-refractivity contribution in [2.75, 3.05) is 5.32 Å². The standard InChI is InChI=1S/C14H16N4O2/c1-9(10-7-8-10)15-14(19)17-13-16-12(20-18-13)11-5-3-2-4-6-11/h2-6,9-10H,7-8H2,1H3,(H2,15,17,18,19)/t9-/m0/s1. The predicted molar refractivity (Wildman–Crippen MR) is 74.1 cm³/mol. The second-order valence-electron chi connectivity index (χ2n) is 5.01. The molecule has 1 atom stereocenters. The highest BCUT2D eigenvalue weighted by atomic mass is 16.5. The van der Waals surface area contributed by atoms with Gasteiger partial charge in [0, 0.05) is 11.6 Å². The minimum absolute atomic E-state index is 0.171. The first-order chi connectivity index (χ1) is 9.72. The molecule has 2 N–H and O–H groups in total. The Kier molecular flexibility index (Phi) is 3.37. The number of aromatic nitrogens is 2. The molecule has 0 radical (unpaired) electrons. The summed E-state index contributed by atoms with van der Waals surface area (Å²) in [6, 6.07) is 9.29. The summed E-state index contributed by atoms with van der Waals surface area (Å²) in [5.74, 6) is 1.16. The lowest BCUT2D eigenvalue weighted by Crippen LogP contribution is -2.37. The van der Waals surface area contributed by atoms with Crippen LogP contribution in [0.4, 0.5) is 10.7 Å². The van der Waals surface area contributed by atoms with Gasteiger partial charge in [-0.3, -0.25) is 5.32 Å². The molecule has 1 aliphatic carbocycles. The van der Waals surface area contributed by atoms with E-state index in [4.69, 9.17) is 4.52 Å². The van der Waals surface area contributed by atoms with Gasteiger partial charge in [0.1, 0.15) is 0 Å². The zero-order valence-corrected chi connectivity index (χ0v) is 11.2. The molecule has 1 aromatic carbocycles. The Balaban J connectivity index is 1.61. The van der Waals surface area contributed by atoms with E-state index in [1.807, 2.05) is 37.3 Å². The van der Waals surface area contributed by atoms with Crippen LogP contribution in [0.5, 0.6) is 0 Å². The summed E-state index contributed by atoms with van der Waals surface area (Å²) in [7, 11) is 0. The number of nitrogens with one attached hydrogen (secondary N) is 2. The lowest BCUT2D eigenvalue weighted by Gasteiger charge is -2.11. The fraction of sp³-hybridized carbons (Fsp3) is 0.357. The number of urea groups is 1.